The van der Waals surface area contributed by atoms with Crippen LogP contribution in [0.4, 0.5) is 0 Å². The van der Waals surface area contributed by atoms with Crippen molar-refractivity contribution in [1.29, 1.82) is 0 Å². The number of hydrogen-bond donors (Lipinski definition) is 0. The van der Waals surface area contributed by atoms with Crippen molar-refractivity contribution in [1.82, 2.24) is 14.4 Å². The highest BCUT2D eigenvalue weighted by atomic mass is 16.5. The fourth-order valence-corrected chi connectivity index (χ4v) is 4.94. The number of nitrogens with zero attached hydrogens (tertiary/aromatic N) is 3. The van der Waals surface area contributed by atoms with Crippen LogP contribution in [0.1, 0.15) is 53.4 Å². The van der Waals surface area contributed by atoms with Crippen LogP contribution in [0.5, 0.6) is 11.5 Å². The second-order valence-electron chi connectivity index (χ2n) is 9.63. The zero-order valence-electron chi connectivity index (χ0n) is 23.0. The molecule has 3 rings (SSSR count). The van der Waals surface area contributed by atoms with Crippen LogP contribution in [0.2, 0.25) is 0 Å². The van der Waals surface area contributed by atoms with Gasteiger partial charge in [0, 0.05) is 43.0 Å². The third-order valence-corrected chi connectivity index (χ3v) is 6.66. The van der Waals surface area contributed by atoms with Crippen LogP contribution in [0.25, 0.3) is 21.8 Å². The molecule has 0 aliphatic rings. The van der Waals surface area contributed by atoms with Crippen LogP contribution in [0.15, 0.2) is 41.2 Å². The summed E-state index contributed by atoms with van der Waals surface area (Å²) in [5.74, 6) is 1.59. The van der Waals surface area contributed by atoms with Gasteiger partial charge in [-0.05, 0) is 76.1 Å². The van der Waals surface area contributed by atoms with Gasteiger partial charge in [-0.15, -0.1) is 0 Å². The molecule has 0 radical (unpaired) electrons. The molecule has 0 bridgehead atoms. The van der Waals surface area contributed by atoms with Crippen LogP contribution in [0.3, 0.4) is 0 Å². The number of ether oxygens (including phenoxy) is 2. The average Bonchev–Trinajstić information content (AvgIpc) is 2.87. The Labute approximate surface area is 216 Å². The standard InChI is InChI=1S/C30H45N3O3/c1-6-14-32(15-7-2)18-20-35-24-10-12-26-28(22-24)31(5)29-23-25(11-13-27(29)30(26)34)36-21-19-33(16-8-3)17-9-4/h10-13,22-23H,6-9,14-21H2,1-5H3. The molecule has 0 amide bonds. The summed E-state index contributed by atoms with van der Waals surface area (Å²) in [7, 11) is 2.01. The Balaban J connectivity index is 1.77. The normalized spacial score (nSPS) is 11.8. The van der Waals surface area contributed by atoms with Gasteiger partial charge in [-0.2, -0.15) is 0 Å². The Morgan fingerprint density at radius 2 is 1.03 bits per heavy atom. The monoisotopic (exact) mass is 495 g/mol. The minimum Gasteiger partial charge on any atom is -0.492 e. The Bertz CT molecular complexity index is 1060. The molecule has 6 heteroatoms. The van der Waals surface area contributed by atoms with Crippen molar-refractivity contribution in [2.24, 2.45) is 7.05 Å². The fourth-order valence-electron chi connectivity index (χ4n) is 4.94. The molecule has 0 unspecified atom stereocenters. The van der Waals surface area contributed by atoms with Crippen molar-refractivity contribution in [3.63, 3.8) is 0 Å². The molecule has 1 aromatic heterocycles. The second kappa shape index (κ2) is 14.2. The van der Waals surface area contributed by atoms with E-state index in [2.05, 4.69) is 42.1 Å². The number of hydrogen-bond acceptors (Lipinski definition) is 5. The zero-order chi connectivity index (χ0) is 25.9. The van der Waals surface area contributed by atoms with Crippen LogP contribution in [-0.4, -0.2) is 66.8 Å². The van der Waals surface area contributed by atoms with Gasteiger partial charge in [0.15, 0.2) is 5.43 Å². The molecule has 0 spiro atoms. The first-order valence-electron chi connectivity index (χ1n) is 13.8. The first-order valence-corrected chi connectivity index (χ1v) is 13.8. The average molecular weight is 496 g/mol. The summed E-state index contributed by atoms with van der Waals surface area (Å²) in [5.41, 5.74) is 1.79. The summed E-state index contributed by atoms with van der Waals surface area (Å²) in [6.07, 6.45) is 4.58. The van der Waals surface area contributed by atoms with E-state index in [0.29, 0.717) is 24.0 Å². The molecule has 2 aromatic carbocycles. The van der Waals surface area contributed by atoms with Gasteiger partial charge in [0.2, 0.25) is 0 Å². The molecule has 0 fully saturated rings. The number of rotatable bonds is 16. The largest absolute Gasteiger partial charge is 0.492 e. The van der Waals surface area contributed by atoms with E-state index in [1.165, 1.54) is 0 Å². The second-order valence-corrected chi connectivity index (χ2v) is 9.63. The quantitative estimate of drug-likeness (QED) is 0.239. The first-order chi connectivity index (χ1) is 17.5. The van der Waals surface area contributed by atoms with Crippen molar-refractivity contribution >= 4 is 21.8 Å². The number of aromatic nitrogens is 1. The molecule has 3 aromatic rings. The van der Waals surface area contributed by atoms with Gasteiger partial charge in [-0.3, -0.25) is 14.6 Å². The van der Waals surface area contributed by atoms with Gasteiger partial charge >= 0.3 is 0 Å². The van der Waals surface area contributed by atoms with Gasteiger partial charge in [0.05, 0.1) is 11.0 Å². The van der Waals surface area contributed by atoms with Crippen molar-refractivity contribution in [3.8, 4) is 11.5 Å². The van der Waals surface area contributed by atoms with Gasteiger partial charge in [-0.25, -0.2) is 0 Å². The number of pyridine rings is 1. The lowest BCUT2D eigenvalue weighted by molar-refractivity contribution is 0.209. The summed E-state index contributed by atoms with van der Waals surface area (Å²) in [4.78, 5) is 18.1. The van der Waals surface area contributed by atoms with Gasteiger partial charge in [-0.1, -0.05) is 27.7 Å². The highest BCUT2D eigenvalue weighted by Gasteiger charge is 2.12. The summed E-state index contributed by atoms with van der Waals surface area (Å²) < 4.78 is 14.3. The zero-order valence-corrected chi connectivity index (χ0v) is 23.0. The highest BCUT2D eigenvalue weighted by molar-refractivity contribution is 5.94. The molecule has 6 nitrogen and oxygen atoms in total. The van der Waals surface area contributed by atoms with E-state index in [-0.39, 0.29) is 5.43 Å². The maximum absolute atomic E-state index is 13.2. The summed E-state index contributed by atoms with van der Waals surface area (Å²) in [6.45, 7) is 16.3. The lowest BCUT2D eigenvalue weighted by Crippen LogP contribution is -2.30. The number of aryl methyl sites for hydroxylation is 1. The molecule has 0 saturated carbocycles. The summed E-state index contributed by atoms with van der Waals surface area (Å²) >= 11 is 0. The van der Waals surface area contributed by atoms with E-state index < -0.39 is 0 Å². The highest BCUT2D eigenvalue weighted by Crippen LogP contribution is 2.25. The summed E-state index contributed by atoms with van der Waals surface area (Å²) in [5, 5.41) is 1.42. The molecule has 0 aliphatic heterocycles. The van der Waals surface area contributed by atoms with Crippen LogP contribution in [-0.2, 0) is 7.05 Å². The maximum Gasteiger partial charge on any atom is 0.197 e. The molecule has 198 valence electrons. The lowest BCUT2D eigenvalue weighted by Gasteiger charge is -2.21. The Morgan fingerprint density at radius 1 is 0.639 bits per heavy atom. The molecule has 0 saturated heterocycles. The van der Waals surface area contributed by atoms with Crippen molar-refractivity contribution in [2.45, 2.75) is 53.4 Å². The van der Waals surface area contributed by atoms with E-state index in [0.717, 1.165) is 87.5 Å². The third kappa shape index (κ3) is 7.23. The Kier molecular flexibility index (Phi) is 11.1. The smallest absolute Gasteiger partial charge is 0.197 e. The van der Waals surface area contributed by atoms with Crippen molar-refractivity contribution in [3.05, 3.63) is 46.6 Å². The Morgan fingerprint density at radius 3 is 1.39 bits per heavy atom. The lowest BCUT2D eigenvalue weighted by atomic mass is 10.1. The molecule has 0 atom stereocenters. The number of fused-ring (bicyclic) bond motifs is 2. The maximum atomic E-state index is 13.2. The predicted molar refractivity (Wildman–Crippen MR) is 152 cm³/mol. The van der Waals surface area contributed by atoms with Gasteiger partial charge in [0.1, 0.15) is 24.7 Å². The predicted octanol–water partition coefficient (Wildman–Crippen LogP) is 5.69. The van der Waals surface area contributed by atoms with Crippen LogP contribution < -0.4 is 14.9 Å². The van der Waals surface area contributed by atoms with Crippen LogP contribution in [0, 0.1) is 0 Å². The van der Waals surface area contributed by atoms with E-state index in [1.807, 2.05) is 43.4 Å². The van der Waals surface area contributed by atoms with Gasteiger partial charge in [0.25, 0.3) is 0 Å². The van der Waals surface area contributed by atoms with E-state index in [1.54, 1.807) is 0 Å². The first kappa shape index (κ1) is 28.0. The van der Waals surface area contributed by atoms with E-state index in [9.17, 15) is 4.79 Å². The Hall–Kier alpha value is -2.57. The SMILES string of the molecule is CCCN(CCC)CCOc1ccc2c(=O)c3ccc(OCCN(CCC)CCC)cc3n(C)c2c1. The fraction of sp³-hybridized carbons (Fsp3) is 0.567. The van der Waals surface area contributed by atoms with Crippen LogP contribution >= 0.6 is 0 Å². The molecule has 0 aliphatic carbocycles. The molecule has 1 heterocycles. The molecule has 0 N–H and O–H groups in total. The molecular formula is C30H45N3O3. The van der Waals surface area contributed by atoms with Crippen molar-refractivity contribution < 1.29 is 9.47 Å². The summed E-state index contributed by atoms with van der Waals surface area (Å²) in [6, 6.07) is 11.6. The van der Waals surface area contributed by atoms with E-state index >= 15 is 0 Å². The minimum absolute atomic E-state index is 0.0466. The third-order valence-electron chi connectivity index (χ3n) is 6.66. The topological polar surface area (TPSA) is 46.9 Å². The molecule has 36 heavy (non-hydrogen) atoms. The molecular weight excluding hydrogens is 450 g/mol. The van der Waals surface area contributed by atoms with Crippen molar-refractivity contribution in [2.75, 3.05) is 52.5 Å². The number of benzene rings is 2. The minimum atomic E-state index is 0.0466. The van der Waals surface area contributed by atoms with E-state index in [4.69, 9.17) is 9.47 Å². The van der Waals surface area contributed by atoms with Gasteiger partial charge < -0.3 is 14.0 Å².